The summed E-state index contributed by atoms with van der Waals surface area (Å²) in [5, 5.41) is 1.73. The van der Waals surface area contributed by atoms with Crippen molar-refractivity contribution >= 4 is 15.9 Å². The van der Waals surface area contributed by atoms with E-state index in [9.17, 15) is 39.6 Å². The number of alkyl halides is 6. The molecule has 0 bridgehead atoms. The van der Waals surface area contributed by atoms with Crippen LogP contribution in [0.5, 0.6) is 0 Å². The highest BCUT2D eigenvalue weighted by Gasteiger charge is 2.40. The minimum Gasteiger partial charge on any atom is -0.347 e. The van der Waals surface area contributed by atoms with Crippen LogP contribution in [-0.2, 0) is 21.0 Å². The average molecular weight is 418 g/mol. The molecule has 2 rings (SSSR count). The van der Waals surface area contributed by atoms with Crippen molar-refractivity contribution in [2.24, 2.45) is 5.92 Å². The van der Waals surface area contributed by atoms with Gasteiger partial charge in [-0.2, -0.15) is 30.6 Å². The number of nitrogens with one attached hydrogen (secondary N) is 1. The van der Waals surface area contributed by atoms with E-state index in [-0.39, 0.29) is 25.9 Å². The van der Waals surface area contributed by atoms with Crippen LogP contribution in [0.15, 0.2) is 29.2 Å². The van der Waals surface area contributed by atoms with Gasteiger partial charge in [-0.1, -0.05) is 12.1 Å². The van der Waals surface area contributed by atoms with E-state index in [4.69, 9.17) is 0 Å². The SMILES string of the molecule is O=C(NCC(F)(F)F)C1CCN(S(=O)(=O)c2ccccc2C(F)(F)F)CC1. The fourth-order valence-corrected chi connectivity index (χ4v) is 4.44. The summed E-state index contributed by atoms with van der Waals surface area (Å²) in [6, 6.07) is 3.74. The second kappa shape index (κ2) is 7.66. The Balaban J connectivity index is 2.09. The summed E-state index contributed by atoms with van der Waals surface area (Å²) >= 11 is 0. The molecule has 5 nitrogen and oxygen atoms in total. The van der Waals surface area contributed by atoms with Crippen molar-refractivity contribution in [1.82, 2.24) is 9.62 Å². The Bertz CT molecular complexity index is 783. The minimum atomic E-state index is -4.86. The second-order valence-electron chi connectivity index (χ2n) is 6.01. The van der Waals surface area contributed by atoms with E-state index in [1.807, 2.05) is 0 Å². The van der Waals surface area contributed by atoms with Crippen molar-refractivity contribution in [2.75, 3.05) is 19.6 Å². The average Bonchev–Trinajstić information content (AvgIpc) is 2.58. The molecule has 0 aromatic heterocycles. The number of halogens is 6. The number of amides is 1. The van der Waals surface area contributed by atoms with E-state index in [1.165, 1.54) is 6.07 Å². The zero-order chi connectivity index (χ0) is 20.5. The van der Waals surface area contributed by atoms with Gasteiger partial charge in [0, 0.05) is 19.0 Å². The summed E-state index contributed by atoms with van der Waals surface area (Å²) in [5.41, 5.74) is -1.30. The van der Waals surface area contributed by atoms with Gasteiger partial charge in [-0.3, -0.25) is 4.79 Å². The number of carbonyl (C=O) groups excluding carboxylic acids is 1. The zero-order valence-electron chi connectivity index (χ0n) is 13.8. The lowest BCUT2D eigenvalue weighted by atomic mass is 9.97. The van der Waals surface area contributed by atoms with Gasteiger partial charge in [0.25, 0.3) is 0 Å². The van der Waals surface area contributed by atoms with Crippen LogP contribution in [0.4, 0.5) is 26.3 Å². The van der Waals surface area contributed by atoms with Crippen LogP contribution in [0.1, 0.15) is 18.4 Å². The first-order valence-electron chi connectivity index (χ1n) is 7.83. The molecule has 0 saturated carbocycles. The molecule has 27 heavy (non-hydrogen) atoms. The van der Waals surface area contributed by atoms with Crippen LogP contribution in [0.2, 0.25) is 0 Å². The molecule has 1 aliphatic heterocycles. The van der Waals surface area contributed by atoms with Crippen molar-refractivity contribution in [1.29, 1.82) is 0 Å². The van der Waals surface area contributed by atoms with Crippen LogP contribution in [0.3, 0.4) is 0 Å². The van der Waals surface area contributed by atoms with Gasteiger partial charge in [-0.25, -0.2) is 8.42 Å². The highest BCUT2D eigenvalue weighted by molar-refractivity contribution is 7.89. The standard InChI is InChI=1S/C15H16F6N2O3S/c16-14(17,18)9-22-13(24)10-5-7-23(8-6-10)27(25,26)12-4-2-1-3-11(12)15(19,20)21/h1-4,10H,5-9H2,(H,22,24). The van der Waals surface area contributed by atoms with Crippen LogP contribution >= 0.6 is 0 Å². The van der Waals surface area contributed by atoms with Gasteiger partial charge in [-0.05, 0) is 25.0 Å². The summed E-state index contributed by atoms with van der Waals surface area (Å²) in [5.74, 6) is -1.70. The van der Waals surface area contributed by atoms with Gasteiger partial charge in [-0.15, -0.1) is 0 Å². The van der Waals surface area contributed by atoms with Gasteiger partial charge in [0.1, 0.15) is 6.54 Å². The second-order valence-corrected chi connectivity index (χ2v) is 7.91. The molecule has 1 amide bonds. The van der Waals surface area contributed by atoms with E-state index in [0.29, 0.717) is 6.07 Å². The maximum absolute atomic E-state index is 13.1. The van der Waals surface area contributed by atoms with Crippen molar-refractivity contribution in [2.45, 2.75) is 30.1 Å². The molecule has 12 heteroatoms. The zero-order valence-corrected chi connectivity index (χ0v) is 14.6. The molecule has 152 valence electrons. The van der Waals surface area contributed by atoms with E-state index in [0.717, 1.165) is 16.4 Å². The largest absolute Gasteiger partial charge is 0.417 e. The lowest BCUT2D eigenvalue weighted by molar-refractivity contribution is -0.141. The highest BCUT2D eigenvalue weighted by atomic mass is 32.2. The Kier molecular flexibility index (Phi) is 6.10. The number of benzene rings is 1. The smallest absolute Gasteiger partial charge is 0.347 e. The quantitative estimate of drug-likeness (QED) is 0.765. The molecular formula is C15H16F6N2O3S. The van der Waals surface area contributed by atoms with E-state index in [1.54, 1.807) is 5.32 Å². The third-order valence-corrected chi connectivity index (χ3v) is 6.05. The van der Waals surface area contributed by atoms with Crippen LogP contribution < -0.4 is 5.32 Å². The summed E-state index contributed by atoms with van der Waals surface area (Å²) in [4.78, 5) is 10.8. The molecule has 1 saturated heterocycles. The fraction of sp³-hybridized carbons (Fsp3) is 0.533. The van der Waals surface area contributed by atoms with E-state index >= 15 is 0 Å². The van der Waals surface area contributed by atoms with Gasteiger partial charge in [0.2, 0.25) is 15.9 Å². The Morgan fingerprint density at radius 3 is 2.15 bits per heavy atom. The monoisotopic (exact) mass is 418 g/mol. The number of carbonyl (C=O) groups is 1. The summed E-state index contributed by atoms with van der Waals surface area (Å²) in [6.07, 6.45) is -9.60. The molecular weight excluding hydrogens is 402 g/mol. The Labute approximate surface area is 151 Å². The van der Waals surface area contributed by atoms with Crippen molar-refractivity contribution < 1.29 is 39.6 Å². The first kappa shape index (κ1) is 21.5. The maximum Gasteiger partial charge on any atom is 0.417 e. The van der Waals surface area contributed by atoms with Gasteiger partial charge < -0.3 is 5.32 Å². The predicted octanol–water partition coefficient (Wildman–Crippen LogP) is 2.78. The van der Waals surface area contributed by atoms with Crippen molar-refractivity contribution in [3.8, 4) is 0 Å². The normalized spacial score (nSPS) is 17.7. The number of piperidine rings is 1. The van der Waals surface area contributed by atoms with Crippen molar-refractivity contribution in [3.63, 3.8) is 0 Å². The Morgan fingerprint density at radius 1 is 1.07 bits per heavy atom. The molecule has 0 spiro atoms. The molecule has 0 atom stereocenters. The van der Waals surface area contributed by atoms with Gasteiger partial charge >= 0.3 is 12.4 Å². The number of nitrogens with zero attached hydrogens (tertiary/aromatic N) is 1. The van der Waals surface area contributed by atoms with E-state index in [2.05, 4.69) is 0 Å². The molecule has 1 aliphatic rings. The molecule has 1 aromatic rings. The Morgan fingerprint density at radius 2 is 1.63 bits per heavy atom. The summed E-state index contributed by atoms with van der Waals surface area (Å²) in [6.45, 7) is -2.03. The maximum atomic E-state index is 13.1. The molecule has 0 aliphatic carbocycles. The molecule has 0 radical (unpaired) electrons. The summed E-state index contributed by atoms with van der Waals surface area (Å²) in [7, 11) is -4.46. The first-order valence-corrected chi connectivity index (χ1v) is 9.27. The molecule has 1 fully saturated rings. The predicted molar refractivity (Wildman–Crippen MR) is 82.0 cm³/mol. The number of hydrogen-bond acceptors (Lipinski definition) is 3. The highest BCUT2D eigenvalue weighted by Crippen LogP contribution is 2.36. The lowest BCUT2D eigenvalue weighted by Crippen LogP contribution is -2.44. The van der Waals surface area contributed by atoms with Crippen LogP contribution in [0.25, 0.3) is 0 Å². The van der Waals surface area contributed by atoms with E-state index < -0.39 is 51.2 Å². The molecule has 0 unspecified atom stereocenters. The molecule has 1 aromatic carbocycles. The molecule has 1 N–H and O–H groups in total. The van der Waals surface area contributed by atoms with Gasteiger partial charge in [0.15, 0.2) is 0 Å². The number of hydrogen-bond donors (Lipinski definition) is 1. The molecule has 1 heterocycles. The number of rotatable bonds is 4. The van der Waals surface area contributed by atoms with Crippen LogP contribution in [-0.4, -0.2) is 44.4 Å². The first-order chi connectivity index (χ1) is 12.3. The number of sulfonamides is 1. The van der Waals surface area contributed by atoms with Crippen molar-refractivity contribution in [3.05, 3.63) is 29.8 Å². The fourth-order valence-electron chi connectivity index (χ4n) is 2.75. The lowest BCUT2D eigenvalue weighted by Gasteiger charge is -2.31. The van der Waals surface area contributed by atoms with Gasteiger partial charge in [0.05, 0.1) is 10.5 Å². The third-order valence-electron chi connectivity index (χ3n) is 4.10. The third kappa shape index (κ3) is 5.34. The minimum absolute atomic E-state index is 0.0862. The summed E-state index contributed by atoms with van der Waals surface area (Å²) < 4.78 is 102. The Hall–Kier alpha value is -1.82. The van der Waals surface area contributed by atoms with Crippen LogP contribution in [0, 0.1) is 5.92 Å². The topological polar surface area (TPSA) is 66.5 Å².